The molecule has 8 heteroatoms. The first-order chi connectivity index (χ1) is 13.9. The Morgan fingerprint density at radius 2 is 1.63 bits per heavy atom. The molecule has 0 aliphatic heterocycles. The van der Waals surface area contributed by atoms with Crippen LogP contribution in [0.25, 0.3) is 0 Å². The Kier molecular flexibility index (Phi) is 7.25. The van der Waals surface area contributed by atoms with E-state index in [2.05, 4.69) is 31.3 Å². The molecule has 0 spiro atoms. The van der Waals surface area contributed by atoms with Crippen molar-refractivity contribution in [1.82, 2.24) is 5.43 Å². The third-order valence-corrected chi connectivity index (χ3v) is 5.71. The number of hydrogen-bond acceptors (Lipinski definition) is 5. The van der Waals surface area contributed by atoms with Crippen molar-refractivity contribution in [2.45, 2.75) is 33.1 Å². The molecule has 30 heavy (non-hydrogen) atoms. The van der Waals surface area contributed by atoms with E-state index in [0.29, 0.717) is 17.1 Å². The zero-order valence-corrected chi connectivity index (χ0v) is 19.1. The molecule has 2 rings (SSSR count). The first kappa shape index (κ1) is 23.4. The SMILES string of the molecule is COc1ccc(N(CC(=O)N/N=C(\C)c2ccc(C(C)(C)C)cc2)S(C)(=O)=O)cc1. The lowest BCUT2D eigenvalue weighted by Gasteiger charge is -2.21. The van der Waals surface area contributed by atoms with E-state index in [0.717, 1.165) is 16.1 Å². The van der Waals surface area contributed by atoms with Crippen molar-refractivity contribution in [3.05, 3.63) is 59.7 Å². The van der Waals surface area contributed by atoms with Crippen molar-refractivity contribution in [2.75, 3.05) is 24.2 Å². The van der Waals surface area contributed by atoms with E-state index in [1.54, 1.807) is 31.2 Å². The van der Waals surface area contributed by atoms with Gasteiger partial charge in [0.1, 0.15) is 12.3 Å². The number of amides is 1. The fourth-order valence-electron chi connectivity index (χ4n) is 2.74. The minimum Gasteiger partial charge on any atom is -0.497 e. The van der Waals surface area contributed by atoms with Gasteiger partial charge in [-0.1, -0.05) is 45.0 Å². The van der Waals surface area contributed by atoms with Gasteiger partial charge < -0.3 is 4.74 Å². The molecule has 2 aromatic carbocycles. The maximum atomic E-state index is 12.4. The summed E-state index contributed by atoms with van der Waals surface area (Å²) in [5.74, 6) is 0.0521. The lowest BCUT2D eigenvalue weighted by molar-refractivity contribution is -0.119. The van der Waals surface area contributed by atoms with Gasteiger partial charge in [0, 0.05) is 0 Å². The maximum absolute atomic E-state index is 12.4. The Labute approximate surface area is 178 Å². The molecule has 0 saturated heterocycles. The van der Waals surface area contributed by atoms with Gasteiger partial charge in [-0.3, -0.25) is 9.10 Å². The van der Waals surface area contributed by atoms with Gasteiger partial charge in [-0.2, -0.15) is 5.10 Å². The van der Waals surface area contributed by atoms with Crippen molar-refractivity contribution >= 4 is 27.3 Å². The second-order valence-electron chi connectivity index (χ2n) is 8.03. The van der Waals surface area contributed by atoms with Gasteiger partial charge in [0.05, 0.1) is 24.8 Å². The van der Waals surface area contributed by atoms with Crippen LogP contribution in [0.1, 0.15) is 38.8 Å². The molecule has 2 aromatic rings. The zero-order valence-electron chi connectivity index (χ0n) is 18.3. The van der Waals surface area contributed by atoms with Crippen LogP contribution in [0, 0.1) is 0 Å². The highest BCUT2D eigenvalue weighted by atomic mass is 32.2. The third kappa shape index (κ3) is 6.32. The van der Waals surface area contributed by atoms with Crippen LogP contribution in [0.5, 0.6) is 5.75 Å². The van der Waals surface area contributed by atoms with Crippen molar-refractivity contribution in [2.24, 2.45) is 5.10 Å². The van der Waals surface area contributed by atoms with Crippen LogP contribution in [0.3, 0.4) is 0 Å². The fraction of sp³-hybridized carbons (Fsp3) is 0.364. The molecular weight excluding hydrogens is 402 g/mol. The molecule has 1 amide bonds. The number of ether oxygens (including phenoxy) is 1. The van der Waals surface area contributed by atoms with Gasteiger partial charge in [0.2, 0.25) is 10.0 Å². The number of nitrogens with one attached hydrogen (secondary N) is 1. The third-order valence-electron chi connectivity index (χ3n) is 4.56. The van der Waals surface area contributed by atoms with Crippen molar-refractivity contribution in [3.63, 3.8) is 0 Å². The molecule has 0 bridgehead atoms. The van der Waals surface area contributed by atoms with E-state index in [4.69, 9.17) is 4.74 Å². The quantitative estimate of drug-likeness (QED) is 0.538. The molecule has 0 saturated carbocycles. The summed E-state index contributed by atoms with van der Waals surface area (Å²) >= 11 is 0. The van der Waals surface area contributed by atoms with Crippen LogP contribution in [0.15, 0.2) is 53.6 Å². The second-order valence-corrected chi connectivity index (χ2v) is 9.93. The number of carbonyl (C=O) groups is 1. The van der Waals surface area contributed by atoms with E-state index < -0.39 is 15.9 Å². The average Bonchev–Trinajstić information content (AvgIpc) is 2.69. The van der Waals surface area contributed by atoms with Crippen LogP contribution in [0.2, 0.25) is 0 Å². The molecule has 7 nitrogen and oxygen atoms in total. The lowest BCUT2D eigenvalue weighted by Crippen LogP contribution is -2.39. The van der Waals surface area contributed by atoms with Gasteiger partial charge in [-0.05, 0) is 47.7 Å². The molecule has 1 N–H and O–H groups in total. The van der Waals surface area contributed by atoms with Gasteiger partial charge >= 0.3 is 0 Å². The molecule has 0 fully saturated rings. The molecule has 162 valence electrons. The fourth-order valence-corrected chi connectivity index (χ4v) is 3.59. The summed E-state index contributed by atoms with van der Waals surface area (Å²) in [5, 5.41) is 4.12. The number of hydrogen-bond donors (Lipinski definition) is 1. The minimum absolute atomic E-state index is 0.0500. The lowest BCUT2D eigenvalue weighted by atomic mass is 9.86. The van der Waals surface area contributed by atoms with Crippen LogP contribution in [-0.4, -0.2) is 39.9 Å². The average molecular weight is 432 g/mol. The van der Waals surface area contributed by atoms with Gasteiger partial charge in [-0.25, -0.2) is 13.8 Å². The number of nitrogens with zero attached hydrogens (tertiary/aromatic N) is 2. The maximum Gasteiger partial charge on any atom is 0.260 e. The number of anilines is 1. The summed E-state index contributed by atoms with van der Waals surface area (Å²) in [7, 11) is -2.14. The summed E-state index contributed by atoms with van der Waals surface area (Å²) in [6.07, 6.45) is 1.05. The summed E-state index contributed by atoms with van der Waals surface area (Å²) in [6.45, 7) is 7.81. The molecule has 0 aromatic heterocycles. The predicted molar refractivity (Wildman–Crippen MR) is 121 cm³/mol. The van der Waals surface area contributed by atoms with Gasteiger partial charge in [0.15, 0.2) is 0 Å². The second kappa shape index (κ2) is 9.30. The summed E-state index contributed by atoms with van der Waals surface area (Å²) < 4.78 is 30.4. The minimum atomic E-state index is -3.66. The Bertz CT molecular complexity index is 1010. The van der Waals surface area contributed by atoms with Gasteiger partial charge in [-0.15, -0.1) is 0 Å². The van der Waals surface area contributed by atoms with Gasteiger partial charge in [0.25, 0.3) is 5.91 Å². The number of sulfonamides is 1. The van der Waals surface area contributed by atoms with Crippen LogP contribution >= 0.6 is 0 Å². The number of hydrazone groups is 1. The first-order valence-electron chi connectivity index (χ1n) is 9.47. The van der Waals surface area contributed by atoms with Crippen molar-refractivity contribution < 1.29 is 17.9 Å². The van der Waals surface area contributed by atoms with E-state index in [1.807, 2.05) is 24.3 Å². The molecule has 0 aliphatic carbocycles. The summed E-state index contributed by atoms with van der Waals surface area (Å²) in [5.41, 5.74) is 5.55. The molecule has 0 atom stereocenters. The van der Waals surface area contributed by atoms with Crippen molar-refractivity contribution in [1.29, 1.82) is 0 Å². The number of carbonyl (C=O) groups excluding carboxylic acids is 1. The highest BCUT2D eigenvalue weighted by molar-refractivity contribution is 7.92. The Balaban J connectivity index is 2.11. The van der Waals surface area contributed by atoms with Crippen LogP contribution < -0.4 is 14.5 Å². The topological polar surface area (TPSA) is 88.1 Å². The van der Waals surface area contributed by atoms with E-state index >= 15 is 0 Å². The number of benzene rings is 2. The molecule has 0 heterocycles. The molecular formula is C22H29N3O4S. The Morgan fingerprint density at radius 1 is 1.07 bits per heavy atom. The number of rotatable bonds is 7. The zero-order chi connectivity index (χ0) is 22.5. The van der Waals surface area contributed by atoms with E-state index in [9.17, 15) is 13.2 Å². The normalized spacial score (nSPS) is 12.4. The van der Waals surface area contributed by atoms with Crippen LogP contribution in [0.4, 0.5) is 5.69 Å². The number of methoxy groups -OCH3 is 1. The highest BCUT2D eigenvalue weighted by Crippen LogP contribution is 2.23. The Morgan fingerprint density at radius 3 is 2.10 bits per heavy atom. The molecule has 0 unspecified atom stereocenters. The molecule has 0 radical (unpaired) electrons. The monoisotopic (exact) mass is 431 g/mol. The summed E-state index contributed by atoms with van der Waals surface area (Å²) in [4.78, 5) is 12.4. The summed E-state index contributed by atoms with van der Waals surface area (Å²) in [6, 6.07) is 14.4. The van der Waals surface area contributed by atoms with Crippen LogP contribution in [-0.2, 0) is 20.2 Å². The smallest absolute Gasteiger partial charge is 0.260 e. The molecule has 0 aliphatic rings. The van der Waals surface area contributed by atoms with E-state index in [-0.39, 0.29) is 12.0 Å². The van der Waals surface area contributed by atoms with E-state index in [1.165, 1.54) is 12.7 Å². The Hall–Kier alpha value is -2.87. The highest BCUT2D eigenvalue weighted by Gasteiger charge is 2.21. The largest absolute Gasteiger partial charge is 0.497 e. The predicted octanol–water partition coefficient (Wildman–Crippen LogP) is 3.30. The first-order valence-corrected chi connectivity index (χ1v) is 11.3. The standard InChI is InChI=1S/C22H29N3O4S/c1-16(17-7-9-18(10-8-17)22(2,3)4)23-24-21(26)15-25(30(6,27)28)19-11-13-20(29-5)14-12-19/h7-14H,15H2,1-6H3,(H,24,26)/b23-16+. The van der Waals surface area contributed by atoms with Crippen molar-refractivity contribution in [3.8, 4) is 5.75 Å².